The number of fused-ring (bicyclic) bond motifs is 1. The lowest BCUT2D eigenvalue weighted by molar-refractivity contribution is -0.131. The Labute approximate surface area is 149 Å². The molecule has 1 heterocycles. The summed E-state index contributed by atoms with van der Waals surface area (Å²) in [6.07, 6.45) is 0.551. The molecule has 0 aliphatic carbocycles. The van der Waals surface area contributed by atoms with E-state index in [-0.39, 0.29) is 28.2 Å². The molecule has 2 aromatic carbocycles. The third-order valence-electron chi connectivity index (χ3n) is 3.88. The molecule has 0 N–H and O–H groups in total. The summed E-state index contributed by atoms with van der Waals surface area (Å²) >= 11 is 0. The van der Waals surface area contributed by atoms with E-state index < -0.39 is 17.2 Å². The molecular weight excluding hydrogens is 339 g/mol. The molecular formula is C20H17FO5. The monoisotopic (exact) mass is 356 g/mol. The van der Waals surface area contributed by atoms with Crippen LogP contribution in [0.1, 0.15) is 25.2 Å². The number of rotatable bonds is 4. The summed E-state index contributed by atoms with van der Waals surface area (Å²) in [5, 5.41) is 0.273. The highest BCUT2D eigenvalue weighted by Crippen LogP contribution is 2.30. The molecule has 0 spiro atoms. The fraction of sp³-hybridized carbons (Fsp3) is 0.200. The third-order valence-corrected chi connectivity index (χ3v) is 3.88. The van der Waals surface area contributed by atoms with Gasteiger partial charge in [-0.1, -0.05) is 19.1 Å². The van der Waals surface area contributed by atoms with Gasteiger partial charge < -0.3 is 13.9 Å². The van der Waals surface area contributed by atoms with Gasteiger partial charge in [0, 0.05) is 13.0 Å². The van der Waals surface area contributed by atoms with Gasteiger partial charge in [-0.25, -0.2) is 4.39 Å². The lowest BCUT2D eigenvalue weighted by atomic mass is 10.1. The minimum Gasteiger partial charge on any atom is -0.457 e. The third kappa shape index (κ3) is 3.31. The molecule has 0 aliphatic rings. The summed E-state index contributed by atoms with van der Waals surface area (Å²) in [4.78, 5) is 24.1. The number of aryl methyl sites for hydroxylation is 2. The van der Waals surface area contributed by atoms with Crippen LogP contribution in [0.4, 0.5) is 4.39 Å². The molecule has 6 heteroatoms. The van der Waals surface area contributed by atoms with Crippen LogP contribution in [0.15, 0.2) is 45.6 Å². The lowest BCUT2D eigenvalue weighted by Gasteiger charge is -2.12. The number of esters is 1. The number of hydrogen-bond donors (Lipinski definition) is 0. The number of halogens is 1. The maximum atomic E-state index is 13.8. The fourth-order valence-corrected chi connectivity index (χ4v) is 2.64. The van der Waals surface area contributed by atoms with Gasteiger partial charge in [0.05, 0.1) is 5.39 Å². The molecule has 0 atom stereocenters. The molecule has 0 saturated heterocycles. The second-order valence-electron chi connectivity index (χ2n) is 5.75. The average molecular weight is 356 g/mol. The number of ether oxygens (including phenoxy) is 2. The van der Waals surface area contributed by atoms with Gasteiger partial charge in [-0.2, -0.15) is 0 Å². The van der Waals surface area contributed by atoms with Crippen LogP contribution in [-0.4, -0.2) is 5.97 Å². The van der Waals surface area contributed by atoms with Crippen LogP contribution in [0.25, 0.3) is 11.0 Å². The van der Waals surface area contributed by atoms with E-state index in [0.717, 1.165) is 0 Å². The van der Waals surface area contributed by atoms with Crippen LogP contribution in [-0.2, 0) is 11.2 Å². The summed E-state index contributed by atoms with van der Waals surface area (Å²) in [5.41, 5.74) is 0.526. The smallest absolute Gasteiger partial charge is 0.308 e. The predicted molar refractivity (Wildman–Crippen MR) is 94.4 cm³/mol. The highest BCUT2D eigenvalue weighted by molar-refractivity contribution is 5.82. The molecule has 0 aliphatic heterocycles. The molecule has 3 rings (SSSR count). The van der Waals surface area contributed by atoms with E-state index in [0.29, 0.717) is 17.7 Å². The molecule has 3 aromatic rings. The quantitative estimate of drug-likeness (QED) is 0.508. The molecule has 5 nitrogen and oxygen atoms in total. The summed E-state index contributed by atoms with van der Waals surface area (Å²) in [5.74, 6) is -0.635. The minimum absolute atomic E-state index is 0.0606. The Balaban J connectivity index is 2.17. The molecule has 0 radical (unpaired) electrons. The molecule has 134 valence electrons. The van der Waals surface area contributed by atoms with Crippen LogP contribution in [0.5, 0.6) is 17.2 Å². The van der Waals surface area contributed by atoms with Gasteiger partial charge in [-0.15, -0.1) is 0 Å². The normalized spacial score (nSPS) is 10.8. The van der Waals surface area contributed by atoms with Crippen molar-refractivity contribution in [3.63, 3.8) is 0 Å². The zero-order valence-electron chi connectivity index (χ0n) is 14.6. The minimum atomic E-state index is -0.578. The zero-order valence-corrected chi connectivity index (χ0v) is 14.6. The number of carbonyl (C=O) groups is 1. The van der Waals surface area contributed by atoms with Gasteiger partial charge in [0.2, 0.25) is 11.2 Å². The van der Waals surface area contributed by atoms with E-state index >= 15 is 0 Å². The molecule has 0 fully saturated rings. The van der Waals surface area contributed by atoms with Crippen molar-refractivity contribution in [3.05, 3.63) is 63.8 Å². The Kier molecular flexibility index (Phi) is 4.75. The van der Waals surface area contributed by atoms with Gasteiger partial charge >= 0.3 is 5.97 Å². The number of benzene rings is 2. The molecule has 0 unspecified atom stereocenters. The van der Waals surface area contributed by atoms with Crippen LogP contribution in [0.2, 0.25) is 0 Å². The van der Waals surface area contributed by atoms with E-state index in [2.05, 4.69) is 0 Å². The summed E-state index contributed by atoms with van der Waals surface area (Å²) in [6.45, 7) is 4.73. The van der Waals surface area contributed by atoms with Crippen LogP contribution < -0.4 is 14.9 Å². The highest BCUT2D eigenvalue weighted by Gasteiger charge is 2.18. The Morgan fingerprint density at radius 2 is 1.92 bits per heavy atom. The van der Waals surface area contributed by atoms with Crippen molar-refractivity contribution < 1.29 is 23.1 Å². The standard InChI is InChI=1S/C20H17FO5/c1-4-13-9-14-18(10-17(13)25-12(3)22)24-11(2)20(19(14)23)26-16-8-6-5-7-15(16)21/h5-10H,4H2,1-3H3. The predicted octanol–water partition coefficient (Wildman–Crippen LogP) is 4.52. The number of hydrogen-bond acceptors (Lipinski definition) is 5. The van der Waals surface area contributed by atoms with Gasteiger partial charge in [-0.3, -0.25) is 9.59 Å². The van der Waals surface area contributed by atoms with E-state index in [9.17, 15) is 14.0 Å². The first-order chi connectivity index (χ1) is 12.4. The van der Waals surface area contributed by atoms with E-state index in [1.165, 1.54) is 31.2 Å². The number of carbonyl (C=O) groups excluding carboxylic acids is 1. The fourth-order valence-electron chi connectivity index (χ4n) is 2.64. The summed E-state index contributed by atoms with van der Waals surface area (Å²) in [7, 11) is 0. The molecule has 26 heavy (non-hydrogen) atoms. The first-order valence-electron chi connectivity index (χ1n) is 8.11. The Morgan fingerprint density at radius 1 is 1.19 bits per heavy atom. The Bertz CT molecular complexity index is 1050. The van der Waals surface area contributed by atoms with Crippen molar-refractivity contribution in [1.82, 2.24) is 0 Å². The van der Waals surface area contributed by atoms with Crippen LogP contribution in [0.3, 0.4) is 0 Å². The topological polar surface area (TPSA) is 65.7 Å². The maximum Gasteiger partial charge on any atom is 0.308 e. The van der Waals surface area contributed by atoms with Crippen LogP contribution in [0, 0.1) is 12.7 Å². The lowest BCUT2D eigenvalue weighted by Crippen LogP contribution is -2.10. The zero-order chi connectivity index (χ0) is 18.8. The molecule has 0 saturated carbocycles. The Hall–Kier alpha value is -3.15. The van der Waals surface area contributed by atoms with Crippen LogP contribution >= 0.6 is 0 Å². The van der Waals surface area contributed by atoms with Crippen molar-refractivity contribution in [1.29, 1.82) is 0 Å². The highest BCUT2D eigenvalue weighted by atomic mass is 19.1. The molecule has 0 amide bonds. The van der Waals surface area contributed by atoms with Crippen molar-refractivity contribution in [2.24, 2.45) is 0 Å². The summed E-state index contributed by atoms with van der Waals surface area (Å²) < 4.78 is 30.2. The first kappa shape index (κ1) is 17.7. The molecule has 0 bridgehead atoms. The summed E-state index contributed by atoms with van der Waals surface area (Å²) in [6, 6.07) is 8.93. The van der Waals surface area contributed by atoms with Crippen molar-refractivity contribution >= 4 is 16.9 Å². The second-order valence-corrected chi connectivity index (χ2v) is 5.75. The van der Waals surface area contributed by atoms with E-state index in [4.69, 9.17) is 13.9 Å². The SMILES string of the molecule is CCc1cc2c(=O)c(Oc3ccccc3F)c(C)oc2cc1OC(C)=O. The molecule has 1 aromatic heterocycles. The van der Waals surface area contributed by atoms with Crippen molar-refractivity contribution in [3.8, 4) is 17.2 Å². The van der Waals surface area contributed by atoms with Gasteiger partial charge in [0.15, 0.2) is 11.6 Å². The second kappa shape index (κ2) is 7.00. The largest absolute Gasteiger partial charge is 0.457 e. The average Bonchev–Trinajstić information content (AvgIpc) is 2.59. The first-order valence-corrected chi connectivity index (χ1v) is 8.11. The van der Waals surface area contributed by atoms with Gasteiger partial charge in [-0.05, 0) is 37.1 Å². The van der Waals surface area contributed by atoms with Gasteiger partial charge in [0.1, 0.15) is 17.1 Å². The number of para-hydroxylation sites is 1. The van der Waals surface area contributed by atoms with Crippen molar-refractivity contribution in [2.75, 3.05) is 0 Å². The van der Waals surface area contributed by atoms with Crippen molar-refractivity contribution in [2.45, 2.75) is 27.2 Å². The van der Waals surface area contributed by atoms with E-state index in [1.807, 2.05) is 6.92 Å². The maximum absolute atomic E-state index is 13.8. The van der Waals surface area contributed by atoms with Gasteiger partial charge in [0.25, 0.3) is 0 Å². The Morgan fingerprint density at radius 3 is 2.58 bits per heavy atom. The van der Waals surface area contributed by atoms with E-state index in [1.54, 1.807) is 19.1 Å².